The summed E-state index contributed by atoms with van der Waals surface area (Å²) in [6.07, 6.45) is 1.86. The van der Waals surface area contributed by atoms with Crippen molar-refractivity contribution in [3.63, 3.8) is 0 Å². The Kier molecular flexibility index (Phi) is 2.56. The van der Waals surface area contributed by atoms with Crippen molar-refractivity contribution in [3.05, 3.63) is 35.9 Å². The minimum absolute atomic E-state index is 0.464. The molecule has 92 valence electrons. The lowest BCUT2D eigenvalue weighted by molar-refractivity contribution is 0.181. The summed E-state index contributed by atoms with van der Waals surface area (Å²) in [6, 6.07) is 5.93. The van der Waals surface area contributed by atoms with Gasteiger partial charge in [0.1, 0.15) is 11.5 Å². The first-order valence-electron chi connectivity index (χ1n) is 5.63. The van der Waals surface area contributed by atoms with Crippen molar-refractivity contribution >= 4 is 11.0 Å². The van der Waals surface area contributed by atoms with Gasteiger partial charge < -0.3 is 9.72 Å². The van der Waals surface area contributed by atoms with Crippen LogP contribution in [0.15, 0.2) is 24.4 Å². The number of fused-ring (bicyclic) bond motifs is 1. The predicted molar refractivity (Wildman–Crippen MR) is 66.5 cm³/mol. The fraction of sp³-hybridized carbons (Fsp3) is 0.250. The number of nitrogens with zero attached hydrogens (tertiary/aromatic N) is 4. The monoisotopic (exact) mass is 243 g/mol. The number of benzene rings is 1. The second kappa shape index (κ2) is 4.23. The molecular weight excluding hydrogens is 230 g/mol. The molecule has 18 heavy (non-hydrogen) atoms. The average molecular weight is 243 g/mol. The highest BCUT2D eigenvalue weighted by atomic mass is 16.5. The van der Waals surface area contributed by atoms with E-state index in [4.69, 9.17) is 4.74 Å². The molecule has 0 aliphatic carbocycles. The van der Waals surface area contributed by atoms with Gasteiger partial charge >= 0.3 is 0 Å². The Labute approximate surface area is 104 Å². The Balaban J connectivity index is 2.01. The lowest BCUT2D eigenvalue weighted by Gasteiger charge is -1.99. The molecule has 1 N–H and O–H groups in total. The van der Waals surface area contributed by atoms with E-state index in [-0.39, 0.29) is 0 Å². The second-order valence-electron chi connectivity index (χ2n) is 4.11. The SMILES string of the molecule is COCc1cn(-c2ccc3nc(C)[nH]c3c2)nn1. The molecule has 3 rings (SSSR count). The summed E-state index contributed by atoms with van der Waals surface area (Å²) in [6.45, 7) is 2.40. The van der Waals surface area contributed by atoms with Crippen molar-refractivity contribution in [2.45, 2.75) is 13.5 Å². The van der Waals surface area contributed by atoms with Crippen LogP contribution >= 0.6 is 0 Å². The molecule has 0 radical (unpaired) electrons. The summed E-state index contributed by atoms with van der Waals surface area (Å²) in [5, 5.41) is 8.10. The first kappa shape index (κ1) is 10.9. The molecule has 6 nitrogen and oxygen atoms in total. The fourth-order valence-corrected chi connectivity index (χ4v) is 1.91. The van der Waals surface area contributed by atoms with Crippen molar-refractivity contribution in [1.29, 1.82) is 0 Å². The zero-order valence-corrected chi connectivity index (χ0v) is 10.2. The topological polar surface area (TPSA) is 68.6 Å². The van der Waals surface area contributed by atoms with Gasteiger partial charge in [0.2, 0.25) is 0 Å². The van der Waals surface area contributed by atoms with Gasteiger partial charge in [-0.2, -0.15) is 0 Å². The van der Waals surface area contributed by atoms with Crippen LogP contribution in [-0.4, -0.2) is 32.1 Å². The van der Waals surface area contributed by atoms with Crippen LogP contribution in [0.1, 0.15) is 11.5 Å². The molecule has 0 spiro atoms. The maximum atomic E-state index is 5.02. The normalized spacial score (nSPS) is 11.2. The zero-order valence-electron chi connectivity index (χ0n) is 10.2. The predicted octanol–water partition coefficient (Wildman–Crippen LogP) is 1.60. The highest BCUT2D eigenvalue weighted by Crippen LogP contribution is 2.16. The molecule has 0 fully saturated rings. The number of aryl methyl sites for hydroxylation is 1. The standard InChI is InChI=1S/C12H13N5O/c1-8-13-11-4-3-10(5-12(11)14-8)17-6-9(7-18-2)15-16-17/h3-6H,7H2,1-2H3,(H,13,14). The van der Waals surface area contributed by atoms with Gasteiger partial charge in [-0.3, -0.25) is 0 Å². The first-order chi connectivity index (χ1) is 8.76. The van der Waals surface area contributed by atoms with E-state index in [9.17, 15) is 0 Å². The Morgan fingerprint density at radius 2 is 2.28 bits per heavy atom. The van der Waals surface area contributed by atoms with Crippen LogP contribution in [0.3, 0.4) is 0 Å². The summed E-state index contributed by atoms with van der Waals surface area (Å²) < 4.78 is 6.74. The van der Waals surface area contributed by atoms with Crippen LogP contribution in [-0.2, 0) is 11.3 Å². The molecule has 0 saturated carbocycles. The zero-order chi connectivity index (χ0) is 12.5. The summed E-state index contributed by atoms with van der Waals surface area (Å²) in [5.41, 5.74) is 3.70. The second-order valence-corrected chi connectivity index (χ2v) is 4.11. The number of H-pyrrole nitrogens is 1. The minimum Gasteiger partial charge on any atom is -0.378 e. The van der Waals surface area contributed by atoms with E-state index in [1.54, 1.807) is 11.8 Å². The average Bonchev–Trinajstić information content (AvgIpc) is 2.93. The highest BCUT2D eigenvalue weighted by molar-refractivity contribution is 5.77. The number of imidazole rings is 1. The number of aromatic amines is 1. The lowest BCUT2D eigenvalue weighted by atomic mass is 10.3. The van der Waals surface area contributed by atoms with Crippen molar-refractivity contribution in [3.8, 4) is 5.69 Å². The molecule has 0 saturated heterocycles. The molecule has 2 heterocycles. The molecule has 0 atom stereocenters. The molecule has 2 aromatic heterocycles. The fourth-order valence-electron chi connectivity index (χ4n) is 1.91. The van der Waals surface area contributed by atoms with Crippen LogP contribution < -0.4 is 0 Å². The van der Waals surface area contributed by atoms with Crippen LogP contribution in [0.5, 0.6) is 0 Å². The third-order valence-corrected chi connectivity index (χ3v) is 2.68. The van der Waals surface area contributed by atoms with E-state index < -0.39 is 0 Å². The molecular formula is C12H13N5O. The summed E-state index contributed by atoms with van der Waals surface area (Å²) in [4.78, 5) is 7.56. The molecule has 6 heteroatoms. The van der Waals surface area contributed by atoms with Gasteiger partial charge in [0, 0.05) is 7.11 Å². The molecule has 0 aliphatic rings. The van der Waals surface area contributed by atoms with Crippen LogP contribution in [0.25, 0.3) is 16.7 Å². The lowest BCUT2D eigenvalue weighted by Crippen LogP contribution is -1.94. The number of rotatable bonds is 3. The summed E-state index contributed by atoms with van der Waals surface area (Å²) >= 11 is 0. The van der Waals surface area contributed by atoms with Crippen LogP contribution in [0, 0.1) is 6.92 Å². The number of hydrogen-bond donors (Lipinski definition) is 1. The van der Waals surface area contributed by atoms with Crippen molar-refractivity contribution in [1.82, 2.24) is 25.0 Å². The van der Waals surface area contributed by atoms with Gasteiger partial charge in [-0.15, -0.1) is 5.10 Å². The van der Waals surface area contributed by atoms with E-state index in [0.29, 0.717) is 6.61 Å². The van der Waals surface area contributed by atoms with E-state index in [2.05, 4.69) is 20.3 Å². The van der Waals surface area contributed by atoms with E-state index in [0.717, 1.165) is 28.2 Å². The Morgan fingerprint density at radius 1 is 1.39 bits per heavy atom. The van der Waals surface area contributed by atoms with Crippen molar-refractivity contribution in [2.75, 3.05) is 7.11 Å². The quantitative estimate of drug-likeness (QED) is 0.758. The molecule has 0 amide bonds. The Hall–Kier alpha value is -2.21. The van der Waals surface area contributed by atoms with E-state index >= 15 is 0 Å². The van der Waals surface area contributed by atoms with Gasteiger partial charge in [0.25, 0.3) is 0 Å². The largest absolute Gasteiger partial charge is 0.378 e. The van der Waals surface area contributed by atoms with Gasteiger partial charge in [0.15, 0.2) is 0 Å². The number of nitrogens with one attached hydrogen (secondary N) is 1. The number of hydrogen-bond acceptors (Lipinski definition) is 4. The smallest absolute Gasteiger partial charge is 0.109 e. The minimum atomic E-state index is 0.464. The van der Waals surface area contributed by atoms with Crippen molar-refractivity contribution < 1.29 is 4.74 Å². The third-order valence-electron chi connectivity index (χ3n) is 2.68. The van der Waals surface area contributed by atoms with E-state index in [1.807, 2.05) is 31.3 Å². The number of ether oxygens (including phenoxy) is 1. The summed E-state index contributed by atoms with van der Waals surface area (Å²) in [5.74, 6) is 0.904. The maximum absolute atomic E-state index is 5.02. The first-order valence-corrected chi connectivity index (χ1v) is 5.63. The van der Waals surface area contributed by atoms with Crippen molar-refractivity contribution in [2.24, 2.45) is 0 Å². The number of methoxy groups -OCH3 is 1. The van der Waals surface area contributed by atoms with Gasteiger partial charge in [-0.05, 0) is 25.1 Å². The molecule has 0 bridgehead atoms. The molecule has 1 aromatic carbocycles. The van der Waals surface area contributed by atoms with E-state index in [1.165, 1.54) is 0 Å². The maximum Gasteiger partial charge on any atom is 0.109 e. The van der Waals surface area contributed by atoms with Gasteiger partial charge in [0.05, 0.1) is 29.5 Å². The Morgan fingerprint density at radius 3 is 3.11 bits per heavy atom. The Bertz CT molecular complexity index is 685. The number of aromatic nitrogens is 5. The third kappa shape index (κ3) is 1.86. The van der Waals surface area contributed by atoms with Crippen LogP contribution in [0.2, 0.25) is 0 Å². The molecule has 0 aliphatic heterocycles. The molecule has 0 unspecified atom stereocenters. The van der Waals surface area contributed by atoms with Gasteiger partial charge in [-0.1, -0.05) is 5.21 Å². The molecule has 3 aromatic rings. The van der Waals surface area contributed by atoms with Gasteiger partial charge in [-0.25, -0.2) is 9.67 Å². The summed E-state index contributed by atoms with van der Waals surface area (Å²) in [7, 11) is 1.64. The highest BCUT2D eigenvalue weighted by Gasteiger charge is 2.05. The van der Waals surface area contributed by atoms with Crippen LogP contribution in [0.4, 0.5) is 0 Å².